The summed E-state index contributed by atoms with van der Waals surface area (Å²) < 4.78 is 1.95. The first kappa shape index (κ1) is 17.7. The molecule has 6 heteroatoms. The van der Waals surface area contributed by atoms with Crippen molar-refractivity contribution >= 4 is 23.2 Å². The molecule has 3 rings (SSSR count). The number of benzene rings is 1. The van der Waals surface area contributed by atoms with E-state index in [0.29, 0.717) is 0 Å². The van der Waals surface area contributed by atoms with Gasteiger partial charge in [-0.1, -0.05) is 43.8 Å². The first-order valence-corrected chi connectivity index (χ1v) is 9.38. The molecule has 1 aliphatic rings. The highest BCUT2D eigenvalue weighted by Gasteiger charge is 2.38. The summed E-state index contributed by atoms with van der Waals surface area (Å²) in [5, 5.41) is 8.61. The lowest BCUT2D eigenvalue weighted by Gasteiger charge is -2.24. The van der Waals surface area contributed by atoms with Crippen LogP contribution in [0.15, 0.2) is 47.5 Å². The summed E-state index contributed by atoms with van der Waals surface area (Å²) in [7, 11) is 2.03. The molecule has 0 bridgehead atoms. The molecular weight excluding hydrogens is 332 g/mol. The molecule has 0 amide bonds. The van der Waals surface area contributed by atoms with E-state index < -0.39 is 0 Å². The molecule has 25 heavy (non-hydrogen) atoms. The maximum atomic E-state index is 12.8. The van der Waals surface area contributed by atoms with Crippen LogP contribution in [0.3, 0.4) is 0 Å². The third-order valence-electron chi connectivity index (χ3n) is 4.82. The Bertz CT molecular complexity index is 824. The standard InChI is InChI=1S/C19H24N4OS/c1-6-23-12-20-21-18(23)25-13(2)16(24)11-17-19(3,4)14-9-7-8-10-15(14)22(17)5/h7-13H,6H2,1-5H3. The number of likely N-dealkylation sites (N-methyl/N-ethyl adjacent to an activating group) is 1. The molecule has 1 aromatic carbocycles. The molecule has 1 aromatic heterocycles. The van der Waals surface area contributed by atoms with E-state index >= 15 is 0 Å². The SMILES string of the molecule is CCn1cnnc1SC(C)C(=O)C=C1N(C)c2ccccc2C1(C)C. The van der Waals surface area contributed by atoms with Crippen molar-refractivity contribution in [3.63, 3.8) is 0 Å². The topological polar surface area (TPSA) is 51.0 Å². The van der Waals surface area contributed by atoms with Crippen LogP contribution in [0.2, 0.25) is 0 Å². The summed E-state index contributed by atoms with van der Waals surface area (Å²) in [4.78, 5) is 15.0. The predicted octanol–water partition coefficient (Wildman–Crippen LogP) is 3.66. The van der Waals surface area contributed by atoms with Crippen LogP contribution in [0, 0.1) is 0 Å². The fourth-order valence-corrected chi connectivity index (χ4v) is 4.19. The largest absolute Gasteiger partial charge is 0.347 e. The van der Waals surface area contributed by atoms with Crippen LogP contribution < -0.4 is 4.90 Å². The summed E-state index contributed by atoms with van der Waals surface area (Å²) >= 11 is 1.45. The van der Waals surface area contributed by atoms with E-state index in [1.165, 1.54) is 17.3 Å². The lowest BCUT2D eigenvalue weighted by molar-refractivity contribution is -0.114. The number of anilines is 1. The maximum Gasteiger partial charge on any atom is 0.191 e. The van der Waals surface area contributed by atoms with Crippen molar-refractivity contribution in [2.75, 3.05) is 11.9 Å². The normalized spacial score (nSPS) is 18.4. The molecule has 0 fully saturated rings. The Hall–Kier alpha value is -2.08. The minimum atomic E-state index is -0.213. The molecule has 2 aromatic rings. The predicted molar refractivity (Wildman–Crippen MR) is 102 cm³/mol. The Morgan fingerprint density at radius 2 is 2.08 bits per heavy atom. The van der Waals surface area contributed by atoms with Gasteiger partial charge in [0.15, 0.2) is 10.9 Å². The molecule has 0 radical (unpaired) electrons. The van der Waals surface area contributed by atoms with E-state index in [1.807, 2.05) is 31.5 Å². The van der Waals surface area contributed by atoms with E-state index in [1.54, 1.807) is 12.4 Å². The van der Waals surface area contributed by atoms with Crippen molar-refractivity contribution < 1.29 is 4.79 Å². The van der Waals surface area contributed by atoms with Gasteiger partial charge in [0.1, 0.15) is 6.33 Å². The van der Waals surface area contributed by atoms with Crippen molar-refractivity contribution in [2.45, 2.75) is 50.1 Å². The molecule has 0 aliphatic carbocycles. The zero-order valence-corrected chi connectivity index (χ0v) is 16.2. The number of thioether (sulfide) groups is 1. The van der Waals surface area contributed by atoms with Gasteiger partial charge in [0, 0.05) is 36.5 Å². The summed E-state index contributed by atoms with van der Waals surface area (Å²) in [6.07, 6.45) is 3.49. The number of carbonyl (C=O) groups excluding carboxylic acids is 1. The van der Waals surface area contributed by atoms with Crippen LogP contribution in [0.25, 0.3) is 0 Å². The number of fused-ring (bicyclic) bond motifs is 1. The number of ketones is 1. The van der Waals surface area contributed by atoms with Crippen molar-refractivity contribution in [2.24, 2.45) is 0 Å². The molecule has 2 heterocycles. The first-order valence-electron chi connectivity index (χ1n) is 8.50. The molecule has 132 valence electrons. The van der Waals surface area contributed by atoms with Gasteiger partial charge in [0.05, 0.1) is 5.25 Å². The monoisotopic (exact) mass is 356 g/mol. The quantitative estimate of drug-likeness (QED) is 0.604. The van der Waals surface area contributed by atoms with Gasteiger partial charge in [-0.05, 0) is 25.5 Å². The average molecular weight is 356 g/mol. The fraction of sp³-hybridized carbons (Fsp3) is 0.421. The maximum absolute atomic E-state index is 12.8. The summed E-state index contributed by atoms with van der Waals surface area (Å²) in [6, 6.07) is 8.32. The van der Waals surface area contributed by atoms with Crippen molar-refractivity contribution in [3.8, 4) is 0 Å². The number of rotatable bonds is 5. The molecular formula is C19H24N4OS. The first-order chi connectivity index (χ1) is 11.9. The minimum absolute atomic E-state index is 0.0957. The van der Waals surface area contributed by atoms with Crippen LogP contribution in [0.4, 0.5) is 5.69 Å². The molecule has 0 N–H and O–H groups in total. The van der Waals surface area contributed by atoms with Gasteiger partial charge in [-0.3, -0.25) is 4.79 Å². The highest BCUT2D eigenvalue weighted by atomic mass is 32.2. The van der Waals surface area contributed by atoms with E-state index in [2.05, 4.69) is 47.1 Å². The molecule has 5 nitrogen and oxygen atoms in total. The highest BCUT2D eigenvalue weighted by molar-refractivity contribution is 8.00. The van der Waals surface area contributed by atoms with Crippen molar-refractivity contribution in [3.05, 3.63) is 47.9 Å². The average Bonchev–Trinajstić information content (AvgIpc) is 3.12. The minimum Gasteiger partial charge on any atom is -0.347 e. The zero-order chi connectivity index (χ0) is 18.2. The third kappa shape index (κ3) is 3.11. The number of allylic oxidation sites excluding steroid dienone is 2. The fourth-order valence-electron chi connectivity index (χ4n) is 3.28. The van der Waals surface area contributed by atoms with Gasteiger partial charge in [0.25, 0.3) is 0 Å². The van der Waals surface area contributed by atoms with Gasteiger partial charge >= 0.3 is 0 Å². The van der Waals surface area contributed by atoms with Gasteiger partial charge in [0.2, 0.25) is 0 Å². The summed E-state index contributed by atoms with van der Waals surface area (Å²) in [6.45, 7) is 9.09. The van der Waals surface area contributed by atoms with Gasteiger partial charge in [-0.25, -0.2) is 0 Å². The molecule has 0 saturated heterocycles. The lowest BCUT2D eigenvalue weighted by Crippen LogP contribution is -2.25. The molecule has 1 aliphatic heterocycles. The second-order valence-corrected chi connectivity index (χ2v) is 8.10. The summed E-state index contributed by atoms with van der Waals surface area (Å²) in [5.41, 5.74) is 3.26. The van der Waals surface area contributed by atoms with Crippen LogP contribution in [-0.4, -0.2) is 32.8 Å². The van der Waals surface area contributed by atoms with Crippen LogP contribution in [0.1, 0.15) is 33.3 Å². The van der Waals surface area contributed by atoms with Crippen LogP contribution >= 0.6 is 11.8 Å². The number of hydrogen-bond donors (Lipinski definition) is 0. The lowest BCUT2D eigenvalue weighted by atomic mass is 9.83. The molecule has 0 saturated carbocycles. The summed E-state index contributed by atoms with van der Waals surface area (Å²) in [5.74, 6) is 0.0957. The highest BCUT2D eigenvalue weighted by Crippen LogP contribution is 2.46. The van der Waals surface area contributed by atoms with Crippen LogP contribution in [0.5, 0.6) is 0 Å². The Kier molecular flexibility index (Phi) is 4.73. The molecule has 1 unspecified atom stereocenters. The Morgan fingerprint density at radius 1 is 1.36 bits per heavy atom. The van der Waals surface area contributed by atoms with E-state index in [0.717, 1.165) is 23.1 Å². The van der Waals surface area contributed by atoms with Crippen molar-refractivity contribution in [1.82, 2.24) is 14.8 Å². The smallest absolute Gasteiger partial charge is 0.191 e. The van der Waals surface area contributed by atoms with E-state index in [4.69, 9.17) is 0 Å². The number of aryl methyl sites for hydroxylation is 1. The van der Waals surface area contributed by atoms with Crippen molar-refractivity contribution in [1.29, 1.82) is 0 Å². The Balaban J connectivity index is 1.84. The number of nitrogens with zero attached hydrogens (tertiary/aromatic N) is 4. The number of carbonyl (C=O) groups is 1. The van der Waals surface area contributed by atoms with E-state index in [9.17, 15) is 4.79 Å². The second kappa shape index (κ2) is 6.67. The zero-order valence-electron chi connectivity index (χ0n) is 15.4. The van der Waals surface area contributed by atoms with Gasteiger partial charge in [-0.2, -0.15) is 0 Å². The molecule has 1 atom stereocenters. The Labute approximate surface area is 153 Å². The van der Waals surface area contributed by atoms with Crippen LogP contribution in [-0.2, 0) is 16.8 Å². The van der Waals surface area contributed by atoms with Gasteiger partial charge in [-0.15, -0.1) is 10.2 Å². The van der Waals surface area contributed by atoms with Gasteiger partial charge < -0.3 is 9.47 Å². The number of para-hydroxylation sites is 1. The third-order valence-corrected chi connectivity index (χ3v) is 5.94. The van der Waals surface area contributed by atoms with E-state index in [-0.39, 0.29) is 16.4 Å². The number of aromatic nitrogens is 3. The second-order valence-electron chi connectivity index (χ2n) is 6.79. The Morgan fingerprint density at radius 3 is 2.76 bits per heavy atom. The molecule has 0 spiro atoms. The number of hydrogen-bond acceptors (Lipinski definition) is 5.